The Kier molecular flexibility index (Phi) is 4.84. The SMILES string of the molecule is CC(Sc1ccccc1)C(=O)NC1CCCc2ccccc21. The van der Waals surface area contributed by atoms with Gasteiger partial charge in [0.2, 0.25) is 5.91 Å². The smallest absolute Gasteiger partial charge is 0.233 e. The van der Waals surface area contributed by atoms with Gasteiger partial charge in [0, 0.05) is 4.90 Å². The molecule has 0 saturated heterocycles. The van der Waals surface area contributed by atoms with E-state index in [-0.39, 0.29) is 17.2 Å². The van der Waals surface area contributed by atoms with Crippen molar-refractivity contribution in [1.29, 1.82) is 0 Å². The Morgan fingerprint density at radius 2 is 1.86 bits per heavy atom. The van der Waals surface area contributed by atoms with E-state index in [4.69, 9.17) is 0 Å². The number of carbonyl (C=O) groups is 1. The van der Waals surface area contributed by atoms with E-state index in [1.165, 1.54) is 11.1 Å². The van der Waals surface area contributed by atoms with Gasteiger partial charge in [0.25, 0.3) is 0 Å². The van der Waals surface area contributed by atoms with E-state index < -0.39 is 0 Å². The number of amides is 1. The normalized spacial score (nSPS) is 18.3. The molecule has 3 heteroatoms. The van der Waals surface area contributed by atoms with Crippen LogP contribution >= 0.6 is 11.8 Å². The summed E-state index contributed by atoms with van der Waals surface area (Å²) >= 11 is 1.61. The van der Waals surface area contributed by atoms with E-state index in [0.29, 0.717) is 0 Å². The molecular formula is C19H21NOS. The van der Waals surface area contributed by atoms with Crippen LogP contribution in [0.2, 0.25) is 0 Å². The number of benzene rings is 2. The predicted molar refractivity (Wildman–Crippen MR) is 92.0 cm³/mol. The molecule has 0 aromatic heterocycles. The Balaban J connectivity index is 1.65. The van der Waals surface area contributed by atoms with Gasteiger partial charge in [0.15, 0.2) is 0 Å². The minimum atomic E-state index is -0.0866. The van der Waals surface area contributed by atoms with E-state index >= 15 is 0 Å². The van der Waals surface area contributed by atoms with E-state index in [2.05, 4.69) is 29.6 Å². The molecule has 2 unspecified atom stereocenters. The highest BCUT2D eigenvalue weighted by atomic mass is 32.2. The van der Waals surface area contributed by atoms with Crippen molar-refractivity contribution in [2.24, 2.45) is 0 Å². The fraction of sp³-hybridized carbons (Fsp3) is 0.316. The maximum absolute atomic E-state index is 12.5. The third-order valence-corrected chi connectivity index (χ3v) is 5.22. The zero-order valence-electron chi connectivity index (χ0n) is 12.8. The molecule has 0 aliphatic heterocycles. The first-order valence-corrected chi connectivity index (χ1v) is 8.72. The molecule has 2 aromatic carbocycles. The number of hydrogen-bond donors (Lipinski definition) is 1. The molecule has 2 atom stereocenters. The topological polar surface area (TPSA) is 29.1 Å². The quantitative estimate of drug-likeness (QED) is 0.850. The van der Waals surface area contributed by atoms with Crippen LogP contribution in [0.4, 0.5) is 0 Å². The Morgan fingerprint density at radius 1 is 1.14 bits per heavy atom. The summed E-state index contributed by atoms with van der Waals surface area (Å²) in [6.07, 6.45) is 3.30. The lowest BCUT2D eigenvalue weighted by Crippen LogP contribution is -2.35. The van der Waals surface area contributed by atoms with Crippen molar-refractivity contribution in [2.45, 2.75) is 42.4 Å². The zero-order chi connectivity index (χ0) is 15.4. The molecule has 0 heterocycles. The van der Waals surface area contributed by atoms with Gasteiger partial charge in [-0.2, -0.15) is 0 Å². The maximum atomic E-state index is 12.5. The monoisotopic (exact) mass is 311 g/mol. The molecule has 1 aliphatic carbocycles. The average molecular weight is 311 g/mol. The van der Waals surface area contributed by atoms with Gasteiger partial charge in [-0.1, -0.05) is 42.5 Å². The van der Waals surface area contributed by atoms with Crippen LogP contribution < -0.4 is 5.32 Å². The first kappa shape index (κ1) is 15.2. The van der Waals surface area contributed by atoms with Crippen molar-refractivity contribution in [2.75, 3.05) is 0 Å². The molecule has 0 bridgehead atoms. The van der Waals surface area contributed by atoms with Crippen LogP contribution in [-0.2, 0) is 11.2 Å². The second-order valence-electron chi connectivity index (χ2n) is 5.73. The first-order chi connectivity index (χ1) is 10.7. The van der Waals surface area contributed by atoms with Gasteiger partial charge < -0.3 is 5.32 Å². The number of aryl methyl sites for hydroxylation is 1. The van der Waals surface area contributed by atoms with Gasteiger partial charge in [-0.3, -0.25) is 4.79 Å². The molecule has 1 N–H and O–H groups in total. The Morgan fingerprint density at radius 3 is 2.68 bits per heavy atom. The van der Waals surface area contributed by atoms with Crippen LogP contribution in [0.5, 0.6) is 0 Å². The fourth-order valence-corrected chi connectivity index (χ4v) is 3.85. The number of hydrogen-bond acceptors (Lipinski definition) is 2. The van der Waals surface area contributed by atoms with Crippen molar-refractivity contribution in [3.05, 3.63) is 65.7 Å². The molecule has 0 radical (unpaired) electrons. The summed E-state index contributed by atoms with van der Waals surface area (Å²) in [5.41, 5.74) is 2.67. The summed E-state index contributed by atoms with van der Waals surface area (Å²) in [6, 6.07) is 18.7. The third kappa shape index (κ3) is 3.53. The van der Waals surface area contributed by atoms with Crippen LogP contribution in [0.1, 0.15) is 36.9 Å². The van der Waals surface area contributed by atoms with E-state index in [1.807, 2.05) is 37.3 Å². The summed E-state index contributed by atoms with van der Waals surface area (Å²) < 4.78 is 0. The van der Waals surface area contributed by atoms with E-state index in [9.17, 15) is 4.79 Å². The van der Waals surface area contributed by atoms with Gasteiger partial charge in [-0.25, -0.2) is 0 Å². The van der Waals surface area contributed by atoms with Crippen molar-refractivity contribution in [3.63, 3.8) is 0 Å². The summed E-state index contributed by atoms with van der Waals surface area (Å²) in [5.74, 6) is 0.121. The van der Waals surface area contributed by atoms with Crippen molar-refractivity contribution < 1.29 is 4.79 Å². The lowest BCUT2D eigenvalue weighted by atomic mass is 9.88. The standard InChI is InChI=1S/C19H21NOS/c1-14(22-16-10-3-2-4-11-16)19(21)20-18-13-7-9-15-8-5-6-12-17(15)18/h2-6,8,10-12,14,18H,7,9,13H2,1H3,(H,20,21). The van der Waals surface area contributed by atoms with Crippen LogP contribution in [0, 0.1) is 0 Å². The summed E-state index contributed by atoms with van der Waals surface area (Å²) in [4.78, 5) is 13.6. The van der Waals surface area contributed by atoms with Gasteiger partial charge in [0.1, 0.15) is 0 Å². The third-order valence-electron chi connectivity index (χ3n) is 4.11. The highest BCUT2D eigenvalue weighted by Crippen LogP contribution is 2.30. The average Bonchev–Trinajstić information content (AvgIpc) is 2.56. The van der Waals surface area contributed by atoms with Gasteiger partial charge in [-0.05, 0) is 49.4 Å². The van der Waals surface area contributed by atoms with Crippen LogP contribution in [0.3, 0.4) is 0 Å². The molecule has 0 spiro atoms. The number of fused-ring (bicyclic) bond motifs is 1. The molecule has 2 aromatic rings. The highest BCUT2D eigenvalue weighted by molar-refractivity contribution is 8.00. The van der Waals surface area contributed by atoms with Crippen molar-refractivity contribution in [1.82, 2.24) is 5.32 Å². The van der Waals surface area contributed by atoms with Crippen molar-refractivity contribution >= 4 is 17.7 Å². The minimum absolute atomic E-state index is 0.0866. The molecule has 22 heavy (non-hydrogen) atoms. The number of carbonyl (C=O) groups excluding carboxylic acids is 1. The summed E-state index contributed by atoms with van der Waals surface area (Å²) in [5, 5.41) is 3.15. The van der Waals surface area contributed by atoms with E-state index in [1.54, 1.807) is 11.8 Å². The number of nitrogens with one attached hydrogen (secondary N) is 1. The van der Waals surface area contributed by atoms with Crippen LogP contribution in [0.15, 0.2) is 59.5 Å². The molecule has 1 aliphatic rings. The Labute approximate surface area is 136 Å². The first-order valence-electron chi connectivity index (χ1n) is 7.84. The molecule has 3 rings (SSSR count). The predicted octanol–water partition coefficient (Wildman–Crippen LogP) is 4.36. The van der Waals surface area contributed by atoms with E-state index in [0.717, 1.165) is 24.2 Å². The molecule has 0 saturated carbocycles. The lowest BCUT2D eigenvalue weighted by molar-refractivity contribution is -0.121. The van der Waals surface area contributed by atoms with Gasteiger partial charge in [0.05, 0.1) is 11.3 Å². The lowest BCUT2D eigenvalue weighted by Gasteiger charge is -2.27. The van der Waals surface area contributed by atoms with Crippen LogP contribution in [0.25, 0.3) is 0 Å². The Bertz CT molecular complexity index is 641. The van der Waals surface area contributed by atoms with Gasteiger partial charge >= 0.3 is 0 Å². The largest absolute Gasteiger partial charge is 0.348 e. The highest BCUT2D eigenvalue weighted by Gasteiger charge is 2.23. The maximum Gasteiger partial charge on any atom is 0.233 e. The molecule has 2 nitrogen and oxygen atoms in total. The summed E-state index contributed by atoms with van der Waals surface area (Å²) in [7, 11) is 0. The molecular weight excluding hydrogens is 290 g/mol. The summed E-state index contributed by atoms with van der Waals surface area (Å²) in [6.45, 7) is 1.97. The molecule has 0 fully saturated rings. The Hall–Kier alpha value is -1.74. The minimum Gasteiger partial charge on any atom is -0.348 e. The number of rotatable bonds is 4. The fourth-order valence-electron chi connectivity index (χ4n) is 2.95. The second kappa shape index (κ2) is 7.01. The zero-order valence-corrected chi connectivity index (χ0v) is 13.6. The second-order valence-corrected chi connectivity index (χ2v) is 7.14. The molecule has 114 valence electrons. The van der Waals surface area contributed by atoms with Crippen molar-refractivity contribution in [3.8, 4) is 0 Å². The van der Waals surface area contributed by atoms with Gasteiger partial charge in [-0.15, -0.1) is 11.8 Å². The molecule has 1 amide bonds. The number of thioether (sulfide) groups is 1. The van der Waals surface area contributed by atoms with Crippen LogP contribution in [-0.4, -0.2) is 11.2 Å².